The number of sulfonamides is 1. The Bertz CT molecular complexity index is 1250. The zero-order valence-corrected chi connectivity index (χ0v) is 18.8. The van der Waals surface area contributed by atoms with E-state index in [4.69, 9.17) is 9.15 Å². The van der Waals surface area contributed by atoms with Gasteiger partial charge in [0.15, 0.2) is 0 Å². The highest BCUT2D eigenvalue weighted by atomic mass is 79.9. The van der Waals surface area contributed by atoms with Crippen molar-refractivity contribution < 1.29 is 22.4 Å². The van der Waals surface area contributed by atoms with E-state index in [-0.39, 0.29) is 24.5 Å². The number of rotatable bonds is 7. The molecule has 0 saturated carbocycles. The van der Waals surface area contributed by atoms with Crippen molar-refractivity contribution >= 4 is 42.9 Å². The summed E-state index contributed by atoms with van der Waals surface area (Å²) in [5, 5.41) is 0.696. The Morgan fingerprint density at radius 3 is 2.47 bits per heavy atom. The van der Waals surface area contributed by atoms with Gasteiger partial charge in [-0.2, -0.15) is 0 Å². The molecule has 0 spiro atoms. The highest BCUT2D eigenvalue weighted by molar-refractivity contribution is 9.10. The average molecular weight is 494 g/mol. The van der Waals surface area contributed by atoms with Crippen LogP contribution in [0.25, 0.3) is 11.0 Å². The first-order chi connectivity index (χ1) is 14.2. The highest BCUT2D eigenvalue weighted by Gasteiger charge is 2.15. The van der Waals surface area contributed by atoms with Crippen molar-refractivity contribution in [2.45, 2.75) is 31.8 Å². The van der Waals surface area contributed by atoms with Crippen molar-refractivity contribution in [1.82, 2.24) is 4.72 Å². The van der Waals surface area contributed by atoms with E-state index in [1.54, 1.807) is 18.2 Å². The molecule has 0 radical (unpaired) electrons. The summed E-state index contributed by atoms with van der Waals surface area (Å²) >= 11 is 3.25. The van der Waals surface area contributed by atoms with Crippen LogP contribution in [0, 0.1) is 13.8 Å². The lowest BCUT2D eigenvalue weighted by Crippen LogP contribution is -2.26. The molecule has 0 aliphatic carbocycles. The van der Waals surface area contributed by atoms with Gasteiger partial charge in [-0.1, -0.05) is 15.9 Å². The van der Waals surface area contributed by atoms with Crippen molar-refractivity contribution in [2.24, 2.45) is 0 Å². The van der Waals surface area contributed by atoms with Crippen LogP contribution < -0.4 is 10.3 Å². The van der Waals surface area contributed by atoms with Crippen molar-refractivity contribution in [2.75, 3.05) is 6.54 Å². The van der Waals surface area contributed by atoms with E-state index in [1.165, 1.54) is 18.2 Å². The molecule has 0 saturated heterocycles. The number of benzene rings is 2. The zero-order chi connectivity index (χ0) is 21.9. The summed E-state index contributed by atoms with van der Waals surface area (Å²) in [7, 11) is -3.72. The summed E-state index contributed by atoms with van der Waals surface area (Å²) in [6, 6.07) is 11.1. The summed E-state index contributed by atoms with van der Waals surface area (Å²) in [4.78, 5) is 24.0. The van der Waals surface area contributed by atoms with E-state index in [2.05, 4.69) is 20.7 Å². The molecule has 7 nitrogen and oxygen atoms in total. The smallest absolute Gasteiger partial charge is 0.336 e. The minimum Gasteiger partial charge on any atom is -0.461 e. The second-order valence-electron chi connectivity index (χ2n) is 6.79. The molecule has 2 aromatic carbocycles. The van der Waals surface area contributed by atoms with Gasteiger partial charge < -0.3 is 9.15 Å². The third-order valence-electron chi connectivity index (χ3n) is 4.58. The minimum absolute atomic E-state index is 0.104. The Labute approximate surface area is 182 Å². The summed E-state index contributed by atoms with van der Waals surface area (Å²) in [5.41, 5.74) is 2.44. The SMILES string of the molecule is Cc1cc2oc(=O)cc(COC(=O)CCNS(=O)(=O)c3ccc(Br)cc3)c2cc1C. The van der Waals surface area contributed by atoms with E-state index < -0.39 is 21.6 Å². The molecule has 0 fully saturated rings. The molecule has 0 bridgehead atoms. The molecule has 3 rings (SSSR count). The van der Waals surface area contributed by atoms with Crippen LogP contribution in [0.3, 0.4) is 0 Å². The molecule has 3 aromatic rings. The molecule has 0 atom stereocenters. The predicted octanol–water partition coefficient (Wildman–Crippen LogP) is 3.58. The first kappa shape index (κ1) is 22.2. The van der Waals surface area contributed by atoms with Crippen LogP contribution >= 0.6 is 15.9 Å². The standard InChI is InChI=1S/C21H20BrNO6S/c1-13-9-18-15(11-21(25)29-19(18)10-14(13)2)12-28-20(24)7-8-23-30(26,27)17-5-3-16(22)4-6-17/h3-6,9-11,23H,7-8,12H2,1-2H3. The molecular weight excluding hydrogens is 474 g/mol. The van der Waals surface area contributed by atoms with Gasteiger partial charge in [-0.15, -0.1) is 0 Å². The zero-order valence-electron chi connectivity index (χ0n) is 16.4. The van der Waals surface area contributed by atoms with Crippen molar-refractivity contribution in [3.63, 3.8) is 0 Å². The van der Waals surface area contributed by atoms with Gasteiger partial charge in [0.05, 0.1) is 11.3 Å². The van der Waals surface area contributed by atoms with E-state index in [0.29, 0.717) is 16.5 Å². The van der Waals surface area contributed by atoms with Gasteiger partial charge in [0, 0.05) is 28.0 Å². The number of aryl methyl sites for hydroxylation is 2. The second-order valence-corrected chi connectivity index (χ2v) is 9.47. The number of carbonyl (C=O) groups excluding carboxylic acids is 1. The number of hydrogen-bond acceptors (Lipinski definition) is 6. The number of nitrogens with one attached hydrogen (secondary N) is 1. The molecular formula is C21H20BrNO6S. The summed E-state index contributed by atoms with van der Waals surface area (Å²) in [6.45, 7) is 3.64. The predicted molar refractivity (Wildman–Crippen MR) is 116 cm³/mol. The molecule has 1 N–H and O–H groups in total. The second kappa shape index (κ2) is 9.11. The van der Waals surface area contributed by atoms with Crippen LogP contribution in [0.5, 0.6) is 0 Å². The molecule has 0 aliphatic heterocycles. The maximum atomic E-state index is 12.2. The fourth-order valence-corrected chi connectivity index (χ4v) is 4.11. The molecule has 1 heterocycles. The number of halogens is 1. The normalized spacial score (nSPS) is 11.6. The van der Waals surface area contributed by atoms with E-state index in [1.807, 2.05) is 19.9 Å². The van der Waals surface area contributed by atoms with Gasteiger partial charge in [-0.05, 0) is 61.4 Å². The van der Waals surface area contributed by atoms with Gasteiger partial charge in [0.1, 0.15) is 12.2 Å². The Morgan fingerprint density at radius 2 is 1.77 bits per heavy atom. The van der Waals surface area contributed by atoms with Gasteiger partial charge >= 0.3 is 11.6 Å². The molecule has 158 valence electrons. The monoisotopic (exact) mass is 493 g/mol. The lowest BCUT2D eigenvalue weighted by atomic mass is 10.0. The topological polar surface area (TPSA) is 103 Å². The Balaban J connectivity index is 1.60. The van der Waals surface area contributed by atoms with E-state index >= 15 is 0 Å². The van der Waals surface area contributed by atoms with Gasteiger partial charge in [-0.3, -0.25) is 4.79 Å². The highest BCUT2D eigenvalue weighted by Crippen LogP contribution is 2.22. The number of carbonyl (C=O) groups is 1. The summed E-state index contributed by atoms with van der Waals surface area (Å²) < 4.78 is 38.0. The number of fused-ring (bicyclic) bond motifs is 1. The third kappa shape index (κ3) is 5.35. The van der Waals surface area contributed by atoms with Crippen LogP contribution in [0.4, 0.5) is 0 Å². The lowest BCUT2D eigenvalue weighted by molar-refractivity contribution is -0.144. The van der Waals surface area contributed by atoms with E-state index in [0.717, 1.165) is 15.6 Å². The van der Waals surface area contributed by atoms with Gasteiger partial charge in [0.2, 0.25) is 10.0 Å². The maximum Gasteiger partial charge on any atom is 0.336 e. The largest absolute Gasteiger partial charge is 0.461 e. The van der Waals surface area contributed by atoms with Crippen LogP contribution in [-0.2, 0) is 26.2 Å². The Kier molecular flexibility index (Phi) is 6.74. The first-order valence-corrected chi connectivity index (χ1v) is 11.4. The fourth-order valence-electron chi connectivity index (χ4n) is 2.82. The maximum absolute atomic E-state index is 12.2. The van der Waals surface area contributed by atoms with E-state index in [9.17, 15) is 18.0 Å². The van der Waals surface area contributed by atoms with Gasteiger partial charge in [0.25, 0.3) is 0 Å². The van der Waals surface area contributed by atoms with Crippen molar-refractivity contribution in [3.8, 4) is 0 Å². The Morgan fingerprint density at radius 1 is 1.10 bits per heavy atom. The van der Waals surface area contributed by atoms with Crippen LogP contribution in [-0.4, -0.2) is 20.9 Å². The van der Waals surface area contributed by atoms with Crippen LogP contribution in [0.1, 0.15) is 23.1 Å². The summed E-state index contributed by atoms with van der Waals surface area (Å²) in [5.74, 6) is -0.585. The number of esters is 1. The van der Waals surface area contributed by atoms with Crippen molar-refractivity contribution in [1.29, 1.82) is 0 Å². The number of ether oxygens (including phenoxy) is 1. The van der Waals surface area contributed by atoms with Crippen LogP contribution in [0.15, 0.2) is 61.0 Å². The summed E-state index contributed by atoms with van der Waals surface area (Å²) in [6.07, 6.45) is -0.146. The molecule has 30 heavy (non-hydrogen) atoms. The molecule has 0 unspecified atom stereocenters. The molecule has 0 aliphatic rings. The molecule has 0 amide bonds. The minimum atomic E-state index is -3.72. The third-order valence-corrected chi connectivity index (χ3v) is 6.58. The quantitative estimate of drug-likeness (QED) is 0.398. The van der Waals surface area contributed by atoms with Crippen molar-refractivity contribution in [3.05, 3.63) is 74.0 Å². The molecule has 9 heteroatoms. The average Bonchev–Trinajstić information content (AvgIpc) is 2.67. The lowest BCUT2D eigenvalue weighted by Gasteiger charge is -2.10. The van der Waals surface area contributed by atoms with Gasteiger partial charge in [-0.25, -0.2) is 17.9 Å². The molecule has 1 aromatic heterocycles. The fraction of sp³-hybridized carbons (Fsp3) is 0.238. The first-order valence-electron chi connectivity index (χ1n) is 9.10. The number of hydrogen-bond donors (Lipinski definition) is 1. The van der Waals surface area contributed by atoms with Crippen LogP contribution in [0.2, 0.25) is 0 Å². The Hall–Kier alpha value is -2.49.